The SMILES string of the molecule is Nc1c(C(=O)c2ccc(Cl)c(Cl)c2)sc2nc(-c3ccccc3)ccc12. The second-order valence-corrected chi connectivity index (χ2v) is 7.53. The molecular weight excluding hydrogens is 387 g/mol. The van der Waals surface area contributed by atoms with Crippen LogP contribution in [-0.2, 0) is 0 Å². The molecule has 0 fully saturated rings. The first-order valence-electron chi connectivity index (χ1n) is 7.79. The van der Waals surface area contributed by atoms with Crippen molar-refractivity contribution >= 4 is 56.2 Å². The molecule has 6 heteroatoms. The lowest BCUT2D eigenvalue weighted by Gasteiger charge is -2.02. The zero-order valence-corrected chi connectivity index (χ0v) is 15.7. The number of benzene rings is 2. The Morgan fingerprint density at radius 1 is 0.962 bits per heavy atom. The molecule has 128 valence electrons. The molecule has 2 aromatic carbocycles. The lowest BCUT2D eigenvalue weighted by molar-refractivity contribution is 0.104. The zero-order valence-electron chi connectivity index (χ0n) is 13.4. The van der Waals surface area contributed by atoms with E-state index in [0.717, 1.165) is 21.5 Å². The molecule has 0 radical (unpaired) electrons. The van der Waals surface area contributed by atoms with E-state index in [9.17, 15) is 4.79 Å². The summed E-state index contributed by atoms with van der Waals surface area (Å²) < 4.78 is 0. The van der Waals surface area contributed by atoms with E-state index in [1.54, 1.807) is 18.2 Å². The summed E-state index contributed by atoms with van der Waals surface area (Å²) in [4.78, 5) is 18.7. The summed E-state index contributed by atoms with van der Waals surface area (Å²) in [5.74, 6) is -0.190. The number of ketones is 1. The van der Waals surface area contributed by atoms with Crippen LogP contribution in [0.25, 0.3) is 21.5 Å². The van der Waals surface area contributed by atoms with E-state index in [4.69, 9.17) is 28.9 Å². The van der Waals surface area contributed by atoms with Crippen molar-refractivity contribution in [2.24, 2.45) is 0 Å². The molecule has 2 heterocycles. The molecule has 2 N–H and O–H groups in total. The predicted molar refractivity (Wildman–Crippen MR) is 109 cm³/mol. The Hall–Kier alpha value is -2.40. The summed E-state index contributed by atoms with van der Waals surface area (Å²) in [7, 11) is 0. The van der Waals surface area contributed by atoms with Gasteiger partial charge in [-0.1, -0.05) is 53.5 Å². The average Bonchev–Trinajstić information content (AvgIpc) is 3.00. The number of nitrogens with two attached hydrogens (primary N) is 1. The Morgan fingerprint density at radius 3 is 2.46 bits per heavy atom. The van der Waals surface area contributed by atoms with Gasteiger partial charge >= 0.3 is 0 Å². The number of thiophene rings is 1. The molecule has 26 heavy (non-hydrogen) atoms. The van der Waals surface area contributed by atoms with Gasteiger partial charge in [0, 0.05) is 16.5 Å². The number of halogens is 2. The second kappa shape index (κ2) is 6.72. The van der Waals surface area contributed by atoms with Gasteiger partial charge in [0.1, 0.15) is 9.71 Å². The van der Waals surface area contributed by atoms with E-state index in [2.05, 4.69) is 4.98 Å². The summed E-state index contributed by atoms with van der Waals surface area (Å²) in [6.07, 6.45) is 0. The molecule has 0 aliphatic carbocycles. The smallest absolute Gasteiger partial charge is 0.205 e. The Balaban J connectivity index is 1.79. The number of carbonyl (C=O) groups is 1. The van der Waals surface area contributed by atoms with Crippen molar-refractivity contribution in [2.75, 3.05) is 5.73 Å². The van der Waals surface area contributed by atoms with E-state index >= 15 is 0 Å². The minimum atomic E-state index is -0.190. The van der Waals surface area contributed by atoms with Gasteiger partial charge in [-0.05, 0) is 30.3 Å². The third kappa shape index (κ3) is 2.97. The van der Waals surface area contributed by atoms with Gasteiger partial charge < -0.3 is 5.73 Å². The van der Waals surface area contributed by atoms with Crippen molar-refractivity contribution in [3.05, 3.63) is 81.1 Å². The van der Waals surface area contributed by atoms with E-state index in [-0.39, 0.29) is 5.78 Å². The lowest BCUT2D eigenvalue weighted by atomic mass is 10.1. The molecular formula is C20H12Cl2N2OS. The zero-order chi connectivity index (χ0) is 18.3. The fourth-order valence-corrected chi connectivity index (χ4v) is 4.06. The van der Waals surface area contributed by atoms with Crippen LogP contribution in [0.5, 0.6) is 0 Å². The van der Waals surface area contributed by atoms with Crippen LogP contribution in [0.2, 0.25) is 10.0 Å². The average molecular weight is 399 g/mol. The summed E-state index contributed by atoms with van der Waals surface area (Å²) in [6.45, 7) is 0. The number of carbonyl (C=O) groups excluding carboxylic acids is 1. The van der Waals surface area contributed by atoms with Gasteiger partial charge in [0.2, 0.25) is 5.78 Å². The maximum absolute atomic E-state index is 12.9. The van der Waals surface area contributed by atoms with Crippen molar-refractivity contribution in [3.63, 3.8) is 0 Å². The molecule has 0 atom stereocenters. The third-order valence-electron chi connectivity index (χ3n) is 4.05. The maximum Gasteiger partial charge on any atom is 0.205 e. The van der Waals surface area contributed by atoms with Crippen LogP contribution in [0.1, 0.15) is 15.2 Å². The first kappa shape index (κ1) is 17.0. The van der Waals surface area contributed by atoms with Crippen molar-refractivity contribution < 1.29 is 4.79 Å². The van der Waals surface area contributed by atoms with E-state index in [0.29, 0.717) is 26.2 Å². The molecule has 3 nitrogen and oxygen atoms in total. The Labute approximate surface area is 164 Å². The molecule has 0 spiro atoms. The van der Waals surface area contributed by atoms with E-state index in [1.807, 2.05) is 42.5 Å². The highest BCUT2D eigenvalue weighted by Crippen LogP contribution is 2.36. The van der Waals surface area contributed by atoms with Crippen molar-refractivity contribution in [2.45, 2.75) is 0 Å². The van der Waals surface area contributed by atoms with Crippen molar-refractivity contribution in [1.82, 2.24) is 4.98 Å². The number of nitrogens with zero attached hydrogens (tertiary/aromatic N) is 1. The minimum Gasteiger partial charge on any atom is -0.397 e. The van der Waals surface area contributed by atoms with Crippen LogP contribution in [0, 0.1) is 0 Å². The number of fused-ring (bicyclic) bond motifs is 1. The molecule has 0 bridgehead atoms. The predicted octanol–water partition coefficient (Wildman–Crippen LogP) is 6.08. The molecule has 0 saturated carbocycles. The highest BCUT2D eigenvalue weighted by atomic mass is 35.5. The van der Waals surface area contributed by atoms with Crippen molar-refractivity contribution in [3.8, 4) is 11.3 Å². The molecule has 0 aliphatic heterocycles. The Kier molecular flexibility index (Phi) is 4.41. The monoisotopic (exact) mass is 398 g/mol. The highest BCUT2D eigenvalue weighted by molar-refractivity contribution is 7.21. The van der Waals surface area contributed by atoms with Crippen molar-refractivity contribution in [1.29, 1.82) is 0 Å². The number of anilines is 1. The minimum absolute atomic E-state index is 0.190. The number of rotatable bonds is 3. The normalized spacial score (nSPS) is 11.0. The van der Waals surface area contributed by atoms with Gasteiger partial charge in [-0.15, -0.1) is 11.3 Å². The summed E-state index contributed by atoms with van der Waals surface area (Å²) in [5, 5.41) is 1.52. The fraction of sp³-hybridized carbons (Fsp3) is 0. The molecule has 4 aromatic rings. The first-order chi connectivity index (χ1) is 12.5. The summed E-state index contributed by atoms with van der Waals surface area (Å²) >= 11 is 13.2. The topological polar surface area (TPSA) is 56.0 Å². The van der Waals surface area contributed by atoms with Gasteiger partial charge in [-0.2, -0.15) is 0 Å². The van der Waals surface area contributed by atoms with Crippen LogP contribution in [0.3, 0.4) is 0 Å². The fourth-order valence-electron chi connectivity index (χ4n) is 2.70. The van der Waals surface area contributed by atoms with E-state index < -0.39 is 0 Å². The van der Waals surface area contributed by atoms with Crippen LogP contribution < -0.4 is 5.73 Å². The quantitative estimate of drug-likeness (QED) is 0.425. The molecule has 4 rings (SSSR count). The largest absolute Gasteiger partial charge is 0.397 e. The summed E-state index contributed by atoms with van der Waals surface area (Å²) in [6, 6.07) is 18.5. The summed E-state index contributed by atoms with van der Waals surface area (Å²) in [5.41, 5.74) is 8.96. The first-order valence-corrected chi connectivity index (χ1v) is 9.36. The van der Waals surface area contributed by atoms with Crippen LogP contribution >= 0.6 is 34.5 Å². The standard InChI is InChI=1S/C20H12Cl2N2OS/c21-14-8-6-12(10-15(14)22)18(25)19-17(23)13-7-9-16(24-20(13)26-19)11-4-2-1-3-5-11/h1-10H,23H2. The molecule has 0 saturated heterocycles. The molecule has 0 unspecified atom stereocenters. The van der Waals surface area contributed by atoms with Gasteiger partial charge in [0.25, 0.3) is 0 Å². The molecule has 2 aromatic heterocycles. The van der Waals surface area contributed by atoms with Gasteiger partial charge in [0.05, 0.1) is 21.4 Å². The van der Waals surface area contributed by atoms with Gasteiger partial charge in [0.15, 0.2) is 0 Å². The Bertz CT molecular complexity index is 1140. The number of nitrogen functional groups attached to an aromatic ring is 1. The van der Waals surface area contributed by atoms with E-state index in [1.165, 1.54) is 11.3 Å². The van der Waals surface area contributed by atoms with Crippen LogP contribution in [-0.4, -0.2) is 10.8 Å². The Morgan fingerprint density at radius 2 is 1.73 bits per heavy atom. The molecule has 0 aliphatic rings. The number of hydrogen-bond acceptors (Lipinski definition) is 4. The van der Waals surface area contributed by atoms with Crippen LogP contribution in [0.15, 0.2) is 60.7 Å². The number of hydrogen-bond donors (Lipinski definition) is 1. The van der Waals surface area contributed by atoms with Gasteiger partial charge in [-0.3, -0.25) is 4.79 Å². The second-order valence-electron chi connectivity index (χ2n) is 5.72. The number of aromatic nitrogens is 1. The molecule has 0 amide bonds. The number of pyridine rings is 1. The van der Waals surface area contributed by atoms with Gasteiger partial charge in [-0.25, -0.2) is 4.98 Å². The highest BCUT2D eigenvalue weighted by Gasteiger charge is 2.20. The maximum atomic E-state index is 12.9. The van der Waals surface area contributed by atoms with Crippen LogP contribution in [0.4, 0.5) is 5.69 Å². The third-order valence-corrected chi connectivity index (χ3v) is 5.90. The lowest BCUT2D eigenvalue weighted by Crippen LogP contribution is -2.02.